The van der Waals surface area contributed by atoms with E-state index in [0.717, 1.165) is 27.9 Å². The van der Waals surface area contributed by atoms with Crippen LogP contribution < -0.4 is 15.5 Å². The summed E-state index contributed by atoms with van der Waals surface area (Å²) in [7, 11) is 1.69. The van der Waals surface area contributed by atoms with Gasteiger partial charge in [-0.15, -0.1) is 0 Å². The number of fused-ring (bicyclic) bond motifs is 1. The number of carbonyl (C=O) groups excluding carboxylic acids is 2. The van der Waals surface area contributed by atoms with Crippen LogP contribution in [0.15, 0.2) is 77.8 Å². The molecule has 31 heavy (non-hydrogen) atoms. The Hall–Kier alpha value is -3.93. The molecule has 1 unspecified atom stereocenters. The maximum Gasteiger partial charge on any atom is 0.321 e. The van der Waals surface area contributed by atoms with E-state index in [1.165, 1.54) is 4.90 Å². The topological polar surface area (TPSA) is 73.8 Å². The van der Waals surface area contributed by atoms with E-state index in [1.807, 2.05) is 86.6 Å². The van der Waals surface area contributed by atoms with Gasteiger partial charge in [0.2, 0.25) is 6.17 Å². The number of benzene rings is 3. The van der Waals surface area contributed by atoms with Gasteiger partial charge in [0, 0.05) is 23.9 Å². The van der Waals surface area contributed by atoms with Crippen LogP contribution in [0.25, 0.3) is 0 Å². The van der Waals surface area contributed by atoms with E-state index in [0.29, 0.717) is 11.4 Å². The number of para-hydroxylation sites is 1. The molecule has 0 aliphatic carbocycles. The molecule has 1 atom stereocenters. The zero-order chi connectivity index (χ0) is 22.0. The number of benzodiazepines with no additional fused rings is 1. The first-order valence-corrected chi connectivity index (χ1v) is 10.1. The maximum absolute atomic E-state index is 13.1. The van der Waals surface area contributed by atoms with Gasteiger partial charge in [-0.3, -0.25) is 4.79 Å². The molecule has 3 aromatic carbocycles. The molecule has 3 aromatic rings. The lowest BCUT2D eigenvalue weighted by Gasteiger charge is -2.21. The Morgan fingerprint density at radius 3 is 2.39 bits per heavy atom. The van der Waals surface area contributed by atoms with Crippen molar-refractivity contribution < 1.29 is 9.59 Å². The zero-order valence-corrected chi connectivity index (χ0v) is 17.7. The predicted octanol–water partition coefficient (Wildman–Crippen LogP) is 4.27. The zero-order valence-electron chi connectivity index (χ0n) is 17.7. The first-order chi connectivity index (χ1) is 14.9. The van der Waals surface area contributed by atoms with Gasteiger partial charge in [0.25, 0.3) is 5.91 Å². The van der Waals surface area contributed by atoms with E-state index >= 15 is 0 Å². The second-order valence-corrected chi connectivity index (χ2v) is 7.56. The minimum absolute atomic E-state index is 0.311. The monoisotopic (exact) mass is 412 g/mol. The Morgan fingerprint density at radius 1 is 0.935 bits per heavy atom. The minimum Gasteiger partial charge on any atom is -0.311 e. The van der Waals surface area contributed by atoms with Gasteiger partial charge < -0.3 is 15.5 Å². The molecule has 156 valence electrons. The second kappa shape index (κ2) is 8.44. The Balaban J connectivity index is 1.67. The van der Waals surface area contributed by atoms with Gasteiger partial charge in [-0.05, 0) is 43.2 Å². The van der Waals surface area contributed by atoms with E-state index in [9.17, 15) is 9.59 Å². The highest BCUT2D eigenvalue weighted by Gasteiger charge is 2.30. The smallest absolute Gasteiger partial charge is 0.311 e. The fraction of sp³-hybridized carbons (Fsp3) is 0.160. The molecule has 6 heteroatoms. The summed E-state index contributed by atoms with van der Waals surface area (Å²) in [4.78, 5) is 32.1. The van der Waals surface area contributed by atoms with Crippen molar-refractivity contribution in [2.75, 3.05) is 17.3 Å². The van der Waals surface area contributed by atoms with Crippen molar-refractivity contribution in [1.82, 2.24) is 5.32 Å². The fourth-order valence-electron chi connectivity index (χ4n) is 3.55. The molecule has 0 radical (unpaired) electrons. The molecule has 6 nitrogen and oxygen atoms in total. The third kappa shape index (κ3) is 4.19. The van der Waals surface area contributed by atoms with Crippen molar-refractivity contribution in [3.8, 4) is 0 Å². The molecule has 4 rings (SSSR count). The number of urea groups is 1. The van der Waals surface area contributed by atoms with Crippen LogP contribution in [0.4, 0.5) is 16.2 Å². The Kier molecular flexibility index (Phi) is 5.54. The van der Waals surface area contributed by atoms with Crippen LogP contribution >= 0.6 is 0 Å². The van der Waals surface area contributed by atoms with Gasteiger partial charge in [-0.2, -0.15) is 0 Å². The normalized spacial score (nSPS) is 15.6. The summed E-state index contributed by atoms with van der Waals surface area (Å²) >= 11 is 0. The van der Waals surface area contributed by atoms with Gasteiger partial charge in [0.15, 0.2) is 0 Å². The first kappa shape index (κ1) is 20.3. The number of hydrogen-bond acceptors (Lipinski definition) is 3. The molecular formula is C25H24N4O2. The molecule has 0 saturated carbocycles. The van der Waals surface area contributed by atoms with Gasteiger partial charge >= 0.3 is 6.03 Å². The highest BCUT2D eigenvalue weighted by atomic mass is 16.2. The van der Waals surface area contributed by atoms with Crippen molar-refractivity contribution >= 4 is 29.0 Å². The molecule has 2 N–H and O–H groups in total. The highest BCUT2D eigenvalue weighted by Crippen LogP contribution is 2.27. The van der Waals surface area contributed by atoms with Crippen LogP contribution in [-0.4, -0.2) is 30.9 Å². The van der Waals surface area contributed by atoms with Crippen LogP contribution in [0.5, 0.6) is 0 Å². The number of rotatable bonds is 3. The number of anilines is 2. The summed E-state index contributed by atoms with van der Waals surface area (Å²) in [6.45, 7) is 3.99. The molecular weight excluding hydrogens is 388 g/mol. The summed E-state index contributed by atoms with van der Waals surface area (Å²) in [6, 6.07) is 22.4. The van der Waals surface area contributed by atoms with Crippen LogP contribution in [-0.2, 0) is 4.79 Å². The van der Waals surface area contributed by atoms with E-state index in [4.69, 9.17) is 0 Å². The average molecular weight is 412 g/mol. The van der Waals surface area contributed by atoms with Crippen LogP contribution in [0, 0.1) is 13.8 Å². The lowest BCUT2D eigenvalue weighted by atomic mass is 10.0. The van der Waals surface area contributed by atoms with Crippen molar-refractivity contribution in [3.05, 3.63) is 95.1 Å². The summed E-state index contributed by atoms with van der Waals surface area (Å²) in [5, 5.41) is 5.53. The Bertz CT molecular complexity index is 1170. The number of amides is 3. The first-order valence-electron chi connectivity index (χ1n) is 10.1. The number of aliphatic imine (C=N–C) groups is 1. The molecule has 0 fully saturated rings. The minimum atomic E-state index is -1.06. The quantitative estimate of drug-likeness (QED) is 0.674. The number of carbonyl (C=O) groups is 2. The van der Waals surface area contributed by atoms with E-state index in [-0.39, 0.29) is 5.91 Å². The van der Waals surface area contributed by atoms with Crippen LogP contribution in [0.2, 0.25) is 0 Å². The van der Waals surface area contributed by atoms with Crippen LogP contribution in [0.3, 0.4) is 0 Å². The van der Waals surface area contributed by atoms with Crippen molar-refractivity contribution in [3.63, 3.8) is 0 Å². The highest BCUT2D eigenvalue weighted by molar-refractivity contribution is 6.20. The molecule has 0 aromatic heterocycles. The Morgan fingerprint density at radius 2 is 1.65 bits per heavy atom. The predicted molar refractivity (Wildman–Crippen MR) is 124 cm³/mol. The third-order valence-corrected chi connectivity index (χ3v) is 5.42. The summed E-state index contributed by atoms with van der Waals surface area (Å²) in [6.07, 6.45) is -1.06. The summed E-state index contributed by atoms with van der Waals surface area (Å²) < 4.78 is 0. The molecule has 0 saturated heterocycles. The molecule has 1 aliphatic rings. The number of likely N-dealkylation sites (N-methyl/N-ethyl adjacent to an activating group) is 1. The number of nitrogens with one attached hydrogen (secondary N) is 2. The number of aryl methyl sites for hydroxylation is 2. The van der Waals surface area contributed by atoms with E-state index < -0.39 is 12.2 Å². The standard InChI is InChI=1S/C25H24N4O2/c1-16-13-14-19(15-17(16)2)26-25(31)28-23-24(30)29(3)21-12-8-7-11-20(21)22(27-23)18-9-5-4-6-10-18/h4-15,23H,1-3H3,(H2,26,28,31). The van der Waals surface area contributed by atoms with Gasteiger partial charge in [-0.1, -0.05) is 54.6 Å². The largest absolute Gasteiger partial charge is 0.321 e. The molecule has 3 amide bonds. The maximum atomic E-state index is 13.1. The van der Waals surface area contributed by atoms with E-state index in [1.54, 1.807) is 7.05 Å². The molecule has 0 spiro atoms. The third-order valence-electron chi connectivity index (χ3n) is 5.42. The van der Waals surface area contributed by atoms with Crippen molar-refractivity contribution in [1.29, 1.82) is 0 Å². The SMILES string of the molecule is Cc1ccc(NC(=O)NC2N=C(c3ccccc3)c3ccccc3N(C)C2=O)cc1C. The van der Waals surface area contributed by atoms with E-state index in [2.05, 4.69) is 15.6 Å². The fourth-order valence-corrected chi connectivity index (χ4v) is 3.55. The molecule has 1 heterocycles. The van der Waals surface area contributed by atoms with Gasteiger partial charge in [-0.25, -0.2) is 9.79 Å². The number of nitrogens with zero attached hydrogens (tertiary/aromatic N) is 2. The lowest BCUT2D eigenvalue weighted by Crippen LogP contribution is -2.47. The van der Waals surface area contributed by atoms with Crippen LogP contribution in [0.1, 0.15) is 22.3 Å². The van der Waals surface area contributed by atoms with Gasteiger partial charge in [0.1, 0.15) is 0 Å². The van der Waals surface area contributed by atoms with Crippen molar-refractivity contribution in [2.45, 2.75) is 20.0 Å². The van der Waals surface area contributed by atoms with Gasteiger partial charge in [0.05, 0.1) is 11.4 Å². The lowest BCUT2D eigenvalue weighted by molar-refractivity contribution is -0.119. The second-order valence-electron chi connectivity index (χ2n) is 7.56. The summed E-state index contributed by atoms with van der Waals surface area (Å²) in [5.41, 5.74) is 5.98. The van der Waals surface area contributed by atoms with Crippen molar-refractivity contribution in [2.24, 2.45) is 4.99 Å². The molecule has 0 bridgehead atoms. The Labute approximate surface area is 181 Å². The summed E-state index contributed by atoms with van der Waals surface area (Å²) in [5.74, 6) is -0.311. The number of hydrogen-bond donors (Lipinski definition) is 2. The average Bonchev–Trinajstić information content (AvgIpc) is 2.88. The molecule has 1 aliphatic heterocycles.